The maximum atomic E-state index is 12.3. The van der Waals surface area contributed by atoms with E-state index < -0.39 is 0 Å². The highest BCUT2D eigenvalue weighted by Gasteiger charge is 2.11. The van der Waals surface area contributed by atoms with Crippen LogP contribution in [0.2, 0.25) is 0 Å². The zero-order valence-electron chi connectivity index (χ0n) is 16.2. The molecule has 0 aliphatic carbocycles. The second-order valence-electron chi connectivity index (χ2n) is 5.73. The second kappa shape index (κ2) is 10.7. The van der Waals surface area contributed by atoms with E-state index in [-0.39, 0.29) is 11.8 Å². The minimum atomic E-state index is -0.355. The van der Waals surface area contributed by atoms with Crippen molar-refractivity contribution >= 4 is 23.6 Å². The fourth-order valence-corrected chi connectivity index (χ4v) is 2.45. The van der Waals surface area contributed by atoms with Crippen LogP contribution in [0.4, 0.5) is 5.69 Å². The molecular formula is C21H24N2O5. The number of hydrogen-bond acceptors (Lipinski definition) is 5. The van der Waals surface area contributed by atoms with Crippen LogP contribution < -0.4 is 20.1 Å². The summed E-state index contributed by atoms with van der Waals surface area (Å²) in [5, 5.41) is 5.47. The summed E-state index contributed by atoms with van der Waals surface area (Å²) in [4.78, 5) is 24.6. The van der Waals surface area contributed by atoms with Crippen LogP contribution in [0.5, 0.6) is 11.5 Å². The highest BCUT2D eigenvalue weighted by Crippen LogP contribution is 2.28. The van der Waals surface area contributed by atoms with Crippen molar-refractivity contribution < 1.29 is 23.8 Å². The summed E-state index contributed by atoms with van der Waals surface area (Å²) in [5.74, 6) is 0.546. The van der Waals surface area contributed by atoms with Crippen molar-refractivity contribution in [2.75, 3.05) is 39.8 Å². The van der Waals surface area contributed by atoms with Gasteiger partial charge in [0.05, 0.1) is 32.1 Å². The molecule has 0 radical (unpaired) electrons. The maximum absolute atomic E-state index is 12.3. The molecule has 0 heterocycles. The van der Waals surface area contributed by atoms with Crippen LogP contribution in [0.25, 0.3) is 6.08 Å². The quantitative estimate of drug-likeness (QED) is 0.513. The van der Waals surface area contributed by atoms with Gasteiger partial charge in [-0.05, 0) is 35.9 Å². The van der Waals surface area contributed by atoms with Gasteiger partial charge in [-0.15, -0.1) is 0 Å². The van der Waals surface area contributed by atoms with E-state index in [4.69, 9.17) is 14.2 Å². The third-order valence-electron chi connectivity index (χ3n) is 3.86. The molecule has 0 bridgehead atoms. The average Bonchev–Trinajstić information content (AvgIpc) is 2.72. The van der Waals surface area contributed by atoms with E-state index in [2.05, 4.69) is 10.6 Å². The molecule has 0 unspecified atom stereocenters. The number of ether oxygens (including phenoxy) is 3. The highest BCUT2D eigenvalue weighted by molar-refractivity contribution is 6.07. The van der Waals surface area contributed by atoms with Crippen LogP contribution in [0.15, 0.2) is 48.5 Å². The van der Waals surface area contributed by atoms with Crippen molar-refractivity contribution in [3.8, 4) is 11.5 Å². The van der Waals surface area contributed by atoms with Crippen LogP contribution in [0.3, 0.4) is 0 Å². The molecule has 2 N–H and O–H groups in total. The van der Waals surface area contributed by atoms with E-state index >= 15 is 0 Å². The molecule has 2 aromatic carbocycles. The molecule has 7 nitrogen and oxygen atoms in total. The topological polar surface area (TPSA) is 85.9 Å². The van der Waals surface area contributed by atoms with Gasteiger partial charge < -0.3 is 24.8 Å². The molecule has 0 aliphatic rings. The Morgan fingerprint density at radius 2 is 1.75 bits per heavy atom. The van der Waals surface area contributed by atoms with Gasteiger partial charge in [-0.2, -0.15) is 0 Å². The van der Waals surface area contributed by atoms with Gasteiger partial charge in [0, 0.05) is 19.7 Å². The fraction of sp³-hybridized carbons (Fsp3) is 0.238. The molecule has 0 fully saturated rings. The molecule has 2 amide bonds. The summed E-state index contributed by atoms with van der Waals surface area (Å²) in [6, 6.07) is 12.1. The monoisotopic (exact) mass is 384 g/mol. The summed E-state index contributed by atoms with van der Waals surface area (Å²) in [6.07, 6.45) is 3.04. The number of carbonyl (C=O) groups is 2. The zero-order valence-corrected chi connectivity index (χ0v) is 16.2. The first-order valence-electron chi connectivity index (χ1n) is 8.66. The lowest BCUT2D eigenvalue weighted by Crippen LogP contribution is -2.28. The SMILES string of the molecule is COCCNC(=O)c1ccccc1NC(=O)/C=C/c1ccc(OC)c(OC)c1. The van der Waals surface area contributed by atoms with Gasteiger partial charge in [0.15, 0.2) is 11.5 Å². The Balaban J connectivity index is 2.07. The third-order valence-corrected chi connectivity index (χ3v) is 3.86. The molecule has 0 aromatic heterocycles. The largest absolute Gasteiger partial charge is 0.493 e. The van der Waals surface area contributed by atoms with Gasteiger partial charge in [0.1, 0.15) is 0 Å². The number of amides is 2. The van der Waals surface area contributed by atoms with Crippen molar-refractivity contribution in [1.29, 1.82) is 0 Å². The second-order valence-corrected chi connectivity index (χ2v) is 5.73. The van der Waals surface area contributed by atoms with Crippen molar-refractivity contribution in [1.82, 2.24) is 5.32 Å². The van der Waals surface area contributed by atoms with E-state index in [1.165, 1.54) is 6.08 Å². The van der Waals surface area contributed by atoms with Gasteiger partial charge in [-0.1, -0.05) is 18.2 Å². The number of para-hydroxylation sites is 1. The Hall–Kier alpha value is -3.32. The summed E-state index contributed by atoms with van der Waals surface area (Å²) in [5.41, 5.74) is 1.59. The van der Waals surface area contributed by atoms with E-state index in [1.807, 2.05) is 6.07 Å². The van der Waals surface area contributed by atoms with Gasteiger partial charge >= 0.3 is 0 Å². The number of benzene rings is 2. The van der Waals surface area contributed by atoms with E-state index in [0.29, 0.717) is 35.9 Å². The van der Waals surface area contributed by atoms with Crippen molar-refractivity contribution in [2.24, 2.45) is 0 Å². The molecule has 28 heavy (non-hydrogen) atoms. The fourth-order valence-electron chi connectivity index (χ4n) is 2.45. The van der Waals surface area contributed by atoms with Gasteiger partial charge in [-0.3, -0.25) is 9.59 Å². The molecule has 2 rings (SSSR count). The lowest BCUT2D eigenvalue weighted by Gasteiger charge is -2.10. The Morgan fingerprint density at radius 3 is 2.46 bits per heavy atom. The normalized spacial score (nSPS) is 10.5. The minimum Gasteiger partial charge on any atom is -0.493 e. The number of anilines is 1. The molecule has 0 spiro atoms. The van der Waals surface area contributed by atoms with E-state index in [9.17, 15) is 9.59 Å². The van der Waals surface area contributed by atoms with Crippen molar-refractivity contribution in [3.05, 3.63) is 59.7 Å². The lowest BCUT2D eigenvalue weighted by atomic mass is 10.1. The Kier molecular flexibility index (Phi) is 8.05. The summed E-state index contributed by atoms with van der Waals surface area (Å²) >= 11 is 0. The molecule has 148 valence electrons. The molecule has 7 heteroatoms. The third kappa shape index (κ3) is 5.85. The van der Waals surface area contributed by atoms with Crippen LogP contribution in [0.1, 0.15) is 15.9 Å². The molecule has 0 aliphatic heterocycles. The summed E-state index contributed by atoms with van der Waals surface area (Å²) in [7, 11) is 4.67. The maximum Gasteiger partial charge on any atom is 0.253 e. The molecule has 0 atom stereocenters. The minimum absolute atomic E-state index is 0.281. The predicted molar refractivity (Wildman–Crippen MR) is 108 cm³/mol. The Labute approximate surface area is 164 Å². The van der Waals surface area contributed by atoms with Crippen LogP contribution in [-0.2, 0) is 9.53 Å². The van der Waals surface area contributed by atoms with Crippen molar-refractivity contribution in [3.63, 3.8) is 0 Å². The van der Waals surface area contributed by atoms with Crippen LogP contribution >= 0.6 is 0 Å². The smallest absolute Gasteiger partial charge is 0.253 e. The number of rotatable bonds is 9. The van der Waals surface area contributed by atoms with E-state index in [1.54, 1.807) is 63.8 Å². The first-order valence-corrected chi connectivity index (χ1v) is 8.66. The first kappa shape index (κ1) is 21.0. The molecular weight excluding hydrogens is 360 g/mol. The molecule has 0 saturated heterocycles. The van der Waals surface area contributed by atoms with Gasteiger partial charge in [-0.25, -0.2) is 0 Å². The van der Waals surface area contributed by atoms with Crippen LogP contribution in [-0.4, -0.2) is 46.3 Å². The number of nitrogens with one attached hydrogen (secondary N) is 2. The average molecular weight is 384 g/mol. The number of carbonyl (C=O) groups excluding carboxylic acids is 2. The first-order chi connectivity index (χ1) is 13.6. The zero-order chi connectivity index (χ0) is 20.4. The van der Waals surface area contributed by atoms with Gasteiger partial charge in [0.2, 0.25) is 5.91 Å². The standard InChI is InChI=1S/C21H24N2O5/c1-26-13-12-22-21(25)16-6-4-5-7-17(16)23-20(24)11-9-15-8-10-18(27-2)19(14-15)28-3/h4-11,14H,12-13H2,1-3H3,(H,22,25)(H,23,24)/b11-9+. The summed E-state index contributed by atoms with van der Waals surface area (Å²) in [6.45, 7) is 0.797. The molecule has 0 saturated carbocycles. The number of hydrogen-bond donors (Lipinski definition) is 2. The molecule has 2 aromatic rings. The predicted octanol–water partition coefficient (Wildman–Crippen LogP) is 2.73. The Morgan fingerprint density at radius 1 is 1.00 bits per heavy atom. The Bertz CT molecular complexity index is 848. The highest BCUT2D eigenvalue weighted by atomic mass is 16.5. The van der Waals surface area contributed by atoms with Crippen LogP contribution in [0, 0.1) is 0 Å². The summed E-state index contributed by atoms with van der Waals surface area (Å²) < 4.78 is 15.4. The van der Waals surface area contributed by atoms with E-state index in [0.717, 1.165) is 5.56 Å². The number of methoxy groups -OCH3 is 3. The van der Waals surface area contributed by atoms with Crippen molar-refractivity contribution in [2.45, 2.75) is 0 Å². The van der Waals surface area contributed by atoms with Gasteiger partial charge in [0.25, 0.3) is 5.91 Å². The lowest BCUT2D eigenvalue weighted by molar-refractivity contribution is -0.111.